The Morgan fingerprint density at radius 1 is 1.06 bits per heavy atom. The molecular weight excluding hydrogens is 423 g/mol. The van der Waals surface area contributed by atoms with Gasteiger partial charge in [0.05, 0.1) is 6.04 Å². The largest absolute Gasteiger partial charge is 0.573 e. The number of amides is 1. The Morgan fingerprint density at radius 3 is 2.25 bits per heavy atom. The van der Waals surface area contributed by atoms with Crippen LogP contribution in [0.25, 0.3) is 0 Å². The number of carbonyl (C=O) groups is 1. The third-order valence-electron chi connectivity index (χ3n) is 5.30. The monoisotopic (exact) mass is 451 g/mol. The molecule has 32 heavy (non-hydrogen) atoms. The lowest BCUT2D eigenvalue weighted by molar-refractivity contribution is -0.274. The van der Waals surface area contributed by atoms with E-state index in [2.05, 4.69) is 43.7 Å². The van der Waals surface area contributed by atoms with Crippen LogP contribution in [0.2, 0.25) is 0 Å². The molecule has 1 aliphatic heterocycles. The van der Waals surface area contributed by atoms with Crippen LogP contribution in [0.1, 0.15) is 38.2 Å². The van der Waals surface area contributed by atoms with Gasteiger partial charge in [0.25, 0.3) is 0 Å². The third-order valence-corrected chi connectivity index (χ3v) is 5.30. The minimum absolute atomic E-state index is 0.220. The molecular formula is C22H28F3N5O2. The molecule has 10 heteroatoms. The van der Waals surface area contributed by atoms with Crippen molar-refractivity contribution in [3.63, 3.8) is 0 Å². The molecule has 1 unspecified atom stereocenters. The number of benzene rings is 1. The Morgan fingerprint density at radius 2 is 1.69 bits per heavy atom. The van der Waals surface area contributed by atoms with Crippen molar-refractivity contribution < 1.29 is 22.7 Å². The number of aromatic nitrogens is 2. The topological polar surface area (TPSA) is 70.6 Å². The highest BCUT2D eigenvalue weighted by Crippen LogP contribution is 2.24. The van der Waals surface area contributed by atoms with Gasteiger partial charge in [-0.25, -0.2) is 9.97 Å². The van der Waals surface area contributed by atoms with E-state index >= 15 is 0 Å². The van der Waals surface area contributed by atoms with Crippen LogP contribution in [0.4, 0.5) is 24.7 Å². The lowest BCUT2D eigenvalue weighted by atomic mass is 10.2. The van der Waals surface area contributed by atoms with Gasteiger partial charge in [-0.2, -0.15) is 0 Å². The van der Waals surface area contributed by atoms with Crippen LogP contribution >= 0.6 is 0 Å². The first-order valence-electron chi connectivity index (χ1n) is 10.5. The van der Waals surface area contributed by atoms with Gasteiger partial charge in [0.2, 0.25) is 5.91 Å². The average Bonchev–Trinajstić information content (AvgIpc) is 2.73. The van der Waals surface area contributed by atoms with Crippen LogP contribution in [0.3, 0.4) is 0 Å². The van der Waals surface area contributed by atoms with Crippen molar-refractivity contribution in [2.24, 2.45) is 0 Å². The van der Waals surface area contributed by atoms with E-state index in [0.717, 1.165) is 30.4 Å². The number of halogens is 3. The summed E-state index contributed by atoms with van der Waals surface area (Å²) in [6.45, 7) is 10.7. The SMILES string of the molecule is Cc1cc(N2CCN(C(C)C(=O)Nc3ccc(OC(F)(F)F)cc3)CC2)nc(C(C)C)n1. The fourth-order valence-corrected chi connectivity index (χ4v) is 3.49. The summed E-state index contributed by atoms with van der Waals surface area (Å²) in [4.78, 5) is 26.1. The first-order chi connectivity index (χ1) is 15.0. The molecule has 1 aliphatic rings. The molecule has 0 saturated carbocycles. The number of piperazine rings is 1. The second-order valence-electron chi connectivity index (χ2n) is 8.14. The zero-order valence-corrected chi connectivity index (χ0v) is 18.6. The van der Waals surface area contributed by atoms with E-state index in [1.54, 1.807) is 0 Å². The molecule has 1 fully saturated rings. The molecule has 3 rings (SSSR count). The summed E-state index contributed by atoms with van der Waals surface area (Å²) in [6, 6.07) is 6.69. The van der Waals surface area contributed by atoms with E-state index < -0.39 is 6.36 Å². The fraction of sp³-hybridized carbons (Fsp3) is 0.500. The van der Waals surface area contributed by atoms with Gasteiger partial charge in [-0.05, 0) is 38.1 Å². The maximum absolute atomic E-state index is 12.6. The van der Waals surface area contributed by atoms with Crippen LogP contribution in [0, 0.1) is 6.92 Å². The summed E-state index contributed by atoms with van der Waals surface area (Å²) in [5.41, 5.74) is 1.34. The summed E-state index contributed by atoms with van der Waals surface area (Å²) < 4.78 is 40.6. The Balaban J connectivity index is 1.55. The number of nitrogens with zero attached hydrogens (tertiary/aromatic N) is 4. The van der Waals surface area contributed by atoms with Gasteiger partial charge in [-0.1, -0.05) is 13.8 Å². The molecule has 1 amide bonds. The highest BCUT2D eigenvalue weighted by atomic mass is 19.4. The lowest BCUT2D eigenvalue weighted by Gasteiger charge is -2.38. The minimum Gasteiger partial charge on any atom is -0.406 e. The standard InChI is InChI=1S/C22H28F3N5O2/c1-14(2)20-26-15(3)13-19(28-20)30-11-9-29(10-12-30)16(4)21(31)27-17-5-7-18(8-6-17)32-22(23,24)25/h5-8,13-14,16H,9-12H2,1-4H3,(H,27,31). The van der Waals surface area contributed by atoms with E-state index in [9.17, 15) is 18.0 Å². The zero-order chi connectivity index (χ0) is 23.5. The number of rotatable bonds is 6. The minimum atomic E-state index is -4.75. The van der Waals surface area contributed by atoms with Crippen molar-refractivity contribution in [2.75, 3.05) is 36.4 Å². The van der Waals surface area contributed by atoms with Crippen LogP contribution < -0.4 is 15.0 Å². The maximum atomic E-state index is 12.6. The van der Waals surface area contributed by atoms with Crippen LogP contribution in [0.5, 0.6) is 5.75 Å². The number of carbonyl (C=O) groups excluding carboxylic acids is 1. The Hall–Kier alpha value is -2.88. The molecule has 7 nitrogen and oxygen atoms in total. The first-order valence-corrected chi connectivity index (χ1v) is 10.5. The second kappa shape index (κ2) is 9.72. The predicted octanol–water partition coefficient (Wildman–Crippen LogP) is 3.96. The van der Waals surface area contributed by atoms with Crippen molar-refractivity contribution >= 4 is 17.4 Å². The summed E-state index contributed by atoms with van der Waals surface area (Å²) >= 11 is 0. The van der Waals surface area contributed by atoms with Gasteiger partial charge in [-0.3, -0.25) is 9.69 Å². The van der Waals surface area contributed by atoms with Gasteiger partial charge < -0.3 is 15.0 Å². The number of nitrogens with one attached hydrogen (secondary N) is 1. The molecule has 1 atom stereocenters. The van der Waals surface area contributed by atoms with Crippen LogP contribution in [0.15, 0.2) is 30.3 Å². The number of aryl methyl sites for hydroxylation is 1. The van der Waals surface area contributed by atoms with E-state index in [4.69, 9.17) is 0 Å². The lowest BCUT2D eigenvalue weighted by Crippen LogP contribution is -2.53. The number of hydrogen-bond acceptors (Lipinski definition) is 6. The summed E-state index contributed by atoms with van der Waals surface area (Å²) in [5, 5.41) is 2.75. The Kier molecular flexibility index (Phi) is 7.22. The zero-order valence-electron chi connectivity index (χ0n) is 18.6. The van der Waals surface area contributed by atoms with Crippen molar-refractivity contribution in [1.82, 2.24) is 14.9 Å². The van der Waals surface area contributed by atoms with E-state index in [-0.39, 0.29) is 23.6 Å². The summed E-state index contributed by atoms with van der Waals surface area (Å²) in [6.07, 6.45) is -4.75. The number of hydrogen-bond donors (Lipinski definition) is 1. The second-order valence-corrected chi connectivity index (χ2v) is 8.14. The molecule has 2 aromatic rings. The van der Waals surface area contributed by atoms with E-state index in [1.165, 1.54) is 24.3 Å². The highest BCUT2D eigenvalue weighted by Gasteiger charge is 2.31. The maximum Gasteiger partial charge on any atom is 0.573 e. The van der Waals surface area contributed by atoms with Crippen molar-refractivity contribution in [1.29, 1.82) is 0 Å². The quantitative estimate of drug-likeness (QED) is 0.717. The predicted molar refractivity (Wildman–Crippen MR) is 116 cm³/mol. The van der Waals surface area contributed by atoms with Crippen LogP contribution in [-0.2, 0) is 4.79 Å². The molecule has 0 aliphatic carbocycles. The van der Waals surface area contributed by atoms with Gasteiger partial charge >= 0.3 is 6.36 Å². The molecule has 1 N–H and O–H groups in total. The van der Waals surface area contributed by atoms with Gasteiger partial charge in [0.1, 0.15) is 17.4 Å². The first kappa shape index (κ1) is 23.8. The van der Waals surface area contributed by atoms with Gasteiger partial charge in [-0.15, -0.1) is 13.2 Å². The number of alkyl halides is 3. The normalized spacial score (nSPS) is 16.2. The Bertz CT molecular complexity index is 926. The molecule has 174 valence electrons. The van der Waals surface area contributed by atoms with E-state index in [0.29, 0.717) is 18.8 Å². The molecule has 1 aromatic heterocycles. The summed E-state index contributed by atoms with van der Waals surface area (Å²) in [5.74, 6) is 1.41. The highest BCUT2D eigenvalue weighted by molar-refractivity contribution is 5.94. The molecule has 1 aromatic carbocycles. The molecule has 0 radical (unpaired) electrons. The van der Waals surface area contributed by atoms with Crippen molar-refractivity contribution in [3.8, 4) is 5.75 Å². The molecule has 0 bridgehead atoms. The number of ether oxygens (including phenoxy) is 1. The summed E-state index contributed by atoms with van der Waals surface area (Å²) in [7, 11) is 0. The Labute approximate surface area is 185 Å². The van der Waals surface area contributed by atoms with Gasteiger partial charge in [0.15, 0.2) is 0 Å². The molecule has 0 spiro atoms. The van der Waals surface area contributed by atoms with E-state index in [1.807, 2.05) is 19.9 Å². The van der Waals surface area contributed by atoms with Crippen LogP contribution in [-0.4, -0.2) is 59.4 Å². The van der Waals surface area contributed by atoms with Crippen molar-refractivity contribution in [2.45, 2.75) is 46.0 Å². The third kappa shape index (κ3) is 6.32. The van der Waals surface area contributed by atoms with Gasteiger partial charge in [0, 0.05) is 49.5 Å². The fourth-order valence-electron chi connectivity index (χ4n) is 3.49. The average molecular weight is 451 g/mol. The molecule has 2 heterocycles. The molecule has 1 saturated heterocycles. The van der Waals surface area contributed by atoms with Crippen molar-refractivity contribution in [3.05, 3.63) is 41.9 Å². The smallest absolute Gasteiger partial charge is 0.406 e. The number of anilines is 2.